The van der Waals surface area contributed by atoms with Crippen molar-refractivity contribution in [3.05, 3.63) is 0 Å². The minimum atomic E-state index is 0.851. The first-order valence-electron chi connectivity index (χ1n) is 4.68. The lowest BCUT2D eigenvalue weighted by atomic mass is 10.2. The molecule has 0 aromatic carbocycles. The Kier molecular flexibility index (Phi) is 2.91. The van der Waals surface area contributed by atoms with Gasteiger partial charge in [0, 0.05) is 38.0 Å². The van der Waals surface area contributed by atoms with Crippen molar-refractivity contribution in [1.29, 1.82) is 0 Å². The van der Waals surface area contributed by atoms with Gasteiger partial charge in [0.2, 0.25) is 0 Å². The van der Waals surface area contributed by atoms with Crippen LogP contribution in [0.1, 0.15) is 6.42 Å². The van der Waals surface area contributed by atoms with E-state index in [1.54, 1.807) is 0 Å². The van der Waals surface area contributed by atoms with Crippen LogP contribution in [0.3, 0.4) is 0 Å². The lowest BCUT2D eigenvalue weighted by Gasteiger charge is -2.35. The van der Waals surface area contributed by atoms with Gasteiger partial charge in [0.05, 0.1) is 0 Å². The zero-order valence-electron chi connectivity index (χ0n) is 7.41. The molecule has 0 aromatic rings. The molecule has 4 heteroatoms. The average Bonchev–Trinajstić information content (AvgIpc) is 2.58. The summed E-state index contributed by atoms with van der Waals surface area (Å²) in [6.07, 6.45) is 1.38. The number of hydrazine groups is 1. The molecule has 2 N–H and O–H groups in total. The molecule has 3 nitrogen and oxygen atoms in total. The smallest absolute Gasteiger partial charge is 0.0257 e. The monoisotopic (exact) mass is 187 g/mol. The highest BCUT2D eigenvalue weighted by Crippen LogP contribution is 2.22. The molecule has 0 unspecified atom stereocenters. The Labute approximate surface area is 78.2 Å². The largest absolute Gasteiger partial charge is 0.297 e. The van der Waals surface area contributed by atoms with Crippen LogP contribution >= 0.6 is 11.8 Å². The first-order valence-corrected chi connectivity index (χ1v) is 5.83. The standard InChI is InChI=1S/C8H17N3S/c9-11-4-2-10(3-5-11)8-1-6-12-7-8/h8H,1-7,9H2/t8-/m1/s1. The highest BCUT2D eigenvalue weighted by molar-refractivity contribution is 7.99. The molecular weight excluding hydrogens is 170 g/mol. The average molecular weight is 187 g/mol. The summed E-state index contributed by atoms with van der Waals surface area (Å²) in [6, 6.07) is 0.851. The van der Waals surface area contributed by atoms with Crippen LogP contribution in [-0.4, -0.2) is 53.6 Å². The van der Waals surface area contributed by atoms with Crippen molar-refractivity contribution in [3.63, 3.8) is 0 Å². The Morgan fingerprint density at radius 1 is 1.17 bits per heavy atom. The van der Waals surface area contributed by atoms with E-state index >= 15 is 0 Å². The van der Waals surface area contributed by atoms with Crippen LogP contribution < -0.4 is 5.84 Å². The molecule has 2 saturated heterocycles. The van der Waals surface area contributed by atoms with E-state index in [9.17, 15) is 0 Å². The molecule has 2 rings (SSSR count). The van der Waals surface area contributed by atoms with Crippen LogP contribution in [0.15, 0.2) is 0 Å². The molecule has 2 heterocycles. The van der Waals surface area contributed by atoms with Gasteiger partial charge in [0.1, 0.15) is 0 Å². The molecule has 0 saturated carbocycles. The third-order valence-corrected chi connectivity index (χ3v) is 3.92. The van der Waals surface area contributed by atoms with E-state index in [4.69, 9.17) is 5.84 Å². The SMILES string of the molecule is NN1CCN([C@@H]2CCSC2)CC1. The summed E-state index contributed by atoms with van der Waals surface area (Å²) in [5.41, 5.74) is 0. The number of rotatable bonds is 1. The van der Waals surface area contributed by atoms with Gasteiger partial charge in [0.25, 0.3) is 0 Å². The normalized spacial score (nSPS) is 34.2. The molecule has 2 aliphatic heterocycles. The fourth-order valence-corrected chi connectivity index (χ4v) is 3.17. The highest BCUT2D eigenvalue weighted by Gasteiger charge is 2.25. The lowest BCUT2D eigenvalue weighted by molar-refractivity contribution is 0.105. The Morgan fingerprint density at radius 3 is 2.50 bits per heavy atom. The van der Waals surface area contributed by atoms with Crippen molar-refractivity contribution in [2.75, 3.05) is 37.7 Å². The van der Waals surface area contributed by atoms with Gasteiger partial charge in [-0.2, -0.15) is 11.8 Å². The topological polar surface area (TPSA) is 32.5 Å². The molecule has 2 fully saturated rings. The third-order valence-electron chi connectivity index (χ3n) is 2.77. The van der Waals surface area contributed by atoms with Crippen molar-refractivity contribution in [1.82, 2.24) is 9.91 Å². The van der Waals surface area contributed by atoms with E-state index in [1.807, 2.05) is 5.01 Å². The number of hydrogen-bond donors (Lipinski definition) is 1. The first kappa shape index (κ1) is 8.81. The van der Waals surface area contributed by atoms with Gasteiger partial charge in [-0.3, -0.25) is 10.7 Å². The highest BCUT2D eigenvalue weighted by atomic mass is 32.2. The molecule has 70 valence electrons. The predicted molar refractivity (Wildman–Crippen MR) is 53.1 cm³/mol. The van der Waals surface area contributed by atoms with Crippen molar-refractivity contribution >= 4 is 11.8 Å². The second-order valence-corrected chi connectivity index (χ2v) is 4.74. The van der Waals surface area contributed by atoms with Crippen molar-refractivity contribution in [3.8, 4) is 0 Å². The second-order valence-electron chi connectivity index (χ2n) is 3.59. The van der Waals surface area contributed by atoms with E-state index in [0.29, 0.717) is 0 Å². The van der Waals surface area contributed by atoms with Gasteiger partial charge in [-0.1, -0.05) is 0 Å². The van der Waals surface area contributed by atoms with Gasteiger partial charge in [-0.25, -0.2) is 5.01 Å². The number of thioether (sulfide) groups is 1. The van der Waals surface area contributed by atoms with E-state index in [0.717, 1.165) is 19.1 Å². The Bertz CT molecular complexity index is 139. The maximum Gasteiger partial charge on any atom is 0.0257 e. The summed E-state index contributed by atoms with van der Waals surface area (Å²) in [5.74, 6) is 8.39. The Morgan fingerprint density at radius 2 is 1.92 bits per heavy atom. The van der Waals surface area contributed by atoms with Crippen LogP contribution in [0.5, 0.6) is 0 Å². The number of nitrogens with two attached hydrogens (primary N) is 1. The molecule has 1 atom stereocenters. The van der Waals surface area contributed by atoms with Crippen LogP contribution in [0.4, 0.5) is 0 Å². The zero-order valence-corrected chi connectivity index (χ0v) is 8.22. The number of piperazine rings is 1. The van der Waals surface area contributed by atoms with Crippen LogP contribution in [0, 0.1) is 0 Å². The van der Waals surface area contributed by atoms with Gasteiger partial charge >= 0.3 is 0 Å². The van der Waals surface area contributed by atoms with Crippen molar-refractivity contribution in [2.45, 2.75) is 12.5 Å². The Balaban J connectivity index is 1.80. The summed E-state index contributed by atoms with van der Waals surface area (Å²) >= 11 is 2.09. The maximum absolute atomic E-state index is 5.70. The second kappa shape index (κ2) is 3.96. The Hall–Kier alpha value is 0.230. The minimum absolute atomic E-state index is 0.851. The quantitative estimate of drug-likeness (QED) is 0.585. The maximum atomic E-state index is 5.70. The molecule has 0 spiro atoms. The molecule has 2 aliphatic rings. The minimum Gasteiger partial charge on any atom is -0.297 e. The third kappa shape index (κ3) is 1.93. The van der Waals surface area contributed by atoms with Crippen molar-refractivity contribution < 1.29 is 0 Å². The summed E-state index contributed by atoms with van der Waals surface area (Å²) in [6.45, 7) is 4.42. The van der Waals surface area contributed by atoms with Crippen LogP contribution in [0.2, 0.25) is 0 Å². The van der Waals surface area contributed by atoms with Crippen LogP contribution in [0.25, 0.3) is 0 Å². The molecule has 0 aromatic heterocycles. The van der Waals surface area contributed by atoms with E-state index in [-0.39, 0.29) is 0 Å². The lowest BCUT2D eigenvalue weighted by Crippen LogP contribution is -2.52. The molecule has 0 radical (unpaired) electrons. The van der Waals surface area contributed by atoms with Gasteiger partial charge in [0.15, 0.2) is 0 Å². The fraction of sp³-hybridized carbons (Fsp3) is 1.00. The van der Waals surface area contributed by atoms with E-state index < -0.39 is 0 Å². The van der Waals surface area contributed by atoms with Crippen molar-refractivity contribution in [2.24, 2.45) is 5.84 Å². The first-order chi connectivity index (χ1) is 5.86. The molecular formula is C8H17N3S. The summed E-state index contributed by atoms with van der Waals surface area (Å²) in [7, 11) is 0. The summed E-state index contributed by atoms with van der Waals surface area (Å²) in [5, 5.41) is 1.93. The molecule has 12 heavy (non-hydrogen) atoms. The molecule has 0 aliphatic carbocycles. The molecule has 0 amide bonds. The predicted octanol–water partition coefficient (Wildman–Crippen LogP) is -0.0168. The fourth-order valence-electron chi connectivity index (χ4n) is 1.91. The molecule has 0 bridgehead atoms. The summed E-state index contributed by atoms with van der Waals surface area (Å²) < 4.78 is 0. The van der Waals surface area contributed by atoms with Crippen LogP contribution in [-0.2, 0) is 0 Å². The van der Waals surface area contributed by atoms with Gasteiger partial charge in [-0.15, -0.1) is 0 Å². The number of hydrogen-bond acceptors (Lipinski definition) is 4. The van der Waals surface area contributed by atoms with E-state index in [1.165, 1.54) is 31.0 Å². The van der Waals surface area contributed by atoms with Gasteiger partial charge < -0.3 is 0 Å². The number of nitrogens with zero attached hydrogens (tertiary/aromatic N) is 2. The summed E-state index contributed by atoms with van der Waals surface area (Å²) in [4.78, 5) is 2.60. The zero-order chi connectivity index (χ0) is 8.39. The van der Waals surface area contributed by atoms with E-state index in [2.05, 4.69) is 16.7 Å². The van der Waals surface area contributed by atoms with Gasteiger partial charge in [-0.05, 0) is 12.2 Å².